The molecule has 0 radical (unpaired) electrons. The molecule has 0 spiro atoms. The Morgan fingerprint density at radius 1 is 1.00 bits per heavy atom. The molecule has 0 aliphatic carbocycles. The molecule has 0 aliphatic heterocycles. The zero-order valence-electron chi connectivity index (χ0n) is 11.6. The van der Waals surface area contributed by atoms with E-state index >= 15 is 0 Å². The molecule has 0 fully saturated rings. The molecule has 0 aliphatic rings. The van der Waals surface area contributed by atoms with E-state index in [0.29, 0.717) is 18.0 Å². The molecule has 6 heteroatoms. The predicted molar refractivity (Wildman–Crippen MR) is 84.7 cm³/mol. The molecule has 6 nitrogen and oxygen atoms in total. The number of pyridine rings is 1. The summed E-state index contributed by atoms with van der Waals surface area (Å²) < 4.78 is 0. The number of rotatable bonds is 5. The lowest BCUT2D eigenvalue weighted by molar-refractivity contribution is -0.105. The third kappa shape index (κ3) is 3.24. The van der Waals surface area contributed by atoms with Gasteiger partial charge in [0, 0.05) is 35.5 Å². The minimum atomic E-state index is 0.476. The summed E-state index contributed by atoms with van der Waals surface area (Å²) in [6.07, 6.45) is 5.79. The summed E-state index contributed by atoms with van der Waals surface area (Å²) in [6, 6.07) is 12.9. The van der Waals surface area contributed by atoms with Crippen LogP contribution in [0, 0.1) is 0 Å². The smallest absolute Gasteiger partial charge is 0.227 e. The van der Waals surface area contributed by atoms with Gasteiger partial charge in [-0.15, -0.1) is 0 Å². The molecular weight excluding hydrogens is 278 g/mol. The first-order chi connectivity index (χ1) is 10.8. The van der Waals surface area contributed by atoms with Crippen molar-refractivity contribution < 1.29 is 4.79 Å². The second kappa shape index (κ2) is 6.45. The number of hydrogen-bond acceptors (Lipinski definition) is 5. The number of amides is 1. The first-order valence-corrected chi connectivity index (χ1v) is 6.66. The van der Waals surface area contributed by atoms with Gasteiger partial charge in [-0.2, -0.15) is 0 Å². The van der Waals surface area contributed by atoms with Crippen LogP contribution in [0.25, 0.3) is 11.3 Å². The summed E-state index contributed by atoms with van der Waals surface area (Å²) in [7, 11) is 0. The summed E-state index contributed by atoms with van der Waals surface area (Å²) in [4.78, 5) is 23.2. The normalized spacial score (nSPS) is 10.0. The largest absolute Gasteiger partial charge is 0.329 e. The third-order valence-electron chi connectivity index (χ3n) is 2.96. The Balaban J connectivity index is 1.84. The Morgan fingerprint density at radius 3 is 2.73 bits per heavy atom. The van der Waals surface area contributed by atoms with Gasteiger partial charge < -0.3 is 10.6 Å². The second-order valence-corrected chi connectivity index (χ2v) is 4.48. The minimum Gasteiger partial charge on any atom is -0.329 e. The van der Waals surface area contributed by atoms with Gasteiger partial charge in [-0.05, 0) is 36.4 Å². The van der Waals surface area contributed by atoms with Crippen LogP contribution in [0.4, 0.5) is 17.3 Å². The quantitative estimate of drug-likeness (QED) is 0.707. The van der Waals surface area contributed by atoms with Gasteiger partial charge in [0.25, 0.3) is 0 Å². The van der Waals surface area contributed by atoms with Gasteiger partial charge in [0.2, 0.25) is 12.4 Å². The summed E-state index contributed by atoms with van der Waals surface area (Å²) in [5.74, 6) is 0.476. The van der Waals surface area contributed by atoms with Gasteiger partial charge in [-0.25, -0.2) is 9.97 Å². The van der Waals surface area contributed by atoms with Gasteiger partial charge in [0.15, 0.2) is 0 Å². The Hall–Kier alpha value is -3.28. The lowest BCUT2D eigenvalue weighted by Crippen LogP contribution is -1.99. The zero-order valence-corrected chi connectivity index (χ0v) is 11.6. The Morgan fingerprint density at radius 2 is 1.91 bits per heavy atom. The van der Waals surface area contributed by atoms with E-state index in [2.05, 4.69) is 25.6 Å². The van der Waals surface area contributed by atoms with Gasteiger partial charge in [-0.1, -0.05) is 6.07 Å². The Bertz CT molecular complexity index is 776. The molecule has 2 aromatic heterocycles. The van der Waals surface area contributed by atoms with Crippen molar-refractivity contribution in [3.8, 4) is 11.3 Å². The molecule has 0 bridgehead atoms. The predicted octanol–water partition coefficient (Wildman–Crippen LogP) is 2.85. The molecule has 1 amide bonds. The molecule has 22 heavy (non-hydrogen) atoms. The van der Waals surface area contributed by atoms with Crippen LogP contribution in [-0.2, 0) is 4.79 Å². The van der Waals surface area contributed by atoms with Crippen molar-refractivity contribution >= 4 is 23.7 Å². The van der Waals surface area contributed by atoms with E-state index in [9.17, 15) is 4.79 Å². The Kier molecular flexibility index (Phi) is 4.01. The zero-order chi connectivity index (χ0) is 15.2. The monoisotopic (exact) mass is 291 g/mol. The first-order valence-electron chi connectivity index (χ1n) is 6.66. The van der Waals surface area contributed by atoms with Crippen LogP contribution in [0.2, 0.25) is 0 Å². The molecule has 3 aromatic rings. The SMILES string of the molecule is O=CNc1cccc(Nc2nccc(-c3cccnc3)n2)c1. The topological polar surface area (TPSA) is 79.8 Å². The number of nitrogens with zero attached hydrogens (tertiary/aromatic N) is 3. The molecule has 108 valence electrons. The van der Waals surface area contributed by atoms with Crippen molar-refractivity contribution in [2.24, 2.45) is 0 Å². The number of benzene rings is 1. The van der Waals surface area contributed by atoms with Gasteiger partial charge in [0.1, 0.15) is 0 Å². The van der Waals surface area contributed by atoms with Crippen molar-refractivity contribution in [3.63, 3.8) is 0 Å². The molecule has 1 aromatic carbocycles. The second-order valence-electron chi connectivity index (χ2n) is 4.48. The van der Waals surface area contributed by atoms with E-state index in [0.717, 1.165) is 16.9 Å². The molecule has 0 saturated carbocycles. The van der Waals surface area contributed by atoms with E-state index in [1.165, 1.54) is 0 Å². The summed E-state index contributed by atoms with van der Waals surface area (Å²) in [6.45, 7) is 0. The molecule has 0 atom stereocenters. The summed E-state index contributed by atoms with van der Waals surface area (Å²) in [5.41, 5.74) is 3.19. The maximum atomic E-state index is 10.5. The van der Waals surface area contributed by atoms with Crippen LogP contribution in [0.1, 0.15) is 0 Å². The number of hydrogen-bond donors (Lipinski definition) is 2. The third-order valence-corrected chi connectivity index (χ3v) is 2.96. The van der Waals surface area contributed by atoms with Crippen molar-refractivity contribution in [1.82, 2.24) is 15.0 Å². The van der Waals surface area contributed by atoms with Crippen LogP contribution in [0.5, 0.6) is 0 Å². The summed E-state index contributed by atoms with van der Waals surface area (Å²) in [5, 5.41) is 5.72. The molecule has 3 rings (SSSR count). The van der Waals surface area contributed by atoms with Crippen LogP contribution in [0.15, 0.2) is 61.1 Å². The maximum absolute atomic E-state index is 10.5. The number of nitrogens with one attached hydrogen (secondary N) is 2. The highest BCUT2D eigenvalue weighted by atomic mass is 16.1. The highest BCUT2D eigenvalue weighted by Gasteiger charge is 2.03. The van der Waals surface area contributed by atoms with Crippen LogP contribution in [0.3, 0.4) is 0 Å². The van der Waals surface area contributed by atoms with E-state index in [-0.39, 0.29) is 0 Å². The van der Waals surface area contributed by atoms with E-state index < -0.39 is 0 Å². The average Bonchev–Trinajstić information content (AvgIpc) is 2.57. The molecule has 0 saturated heterocycles. The molecule has 2 N–H and O–H groups in total. The van der Waals surface area contributed by atoms with Crippen molar-refractivity contribution in [3.05, 3.63) is 61.1 Å². The van der Waals surface area contributed by atoms with Crippen molar-refractivity contribution in [1.29, 1.82) is 0 Å². The van der Waals surface area contributed by atoms with Gasteiger partial charge in [0.05, 0.1) is 5.69 Å². The molecule has 2 heterocycles. The fourth-order valence-corrected chi connectivity index (χ4v) is 1.98. The highest BCUT2D eigenvalue weighted by Crippen LogP contribution is 2.20. The lowest BCUT2D eigenvalue weighted by Gasteiger charge is -2.07. The van der Waals surface area contributed by atoms with E-state index in [1.807, 2.05) is 30.3 Å². The van der Waals surface area contributed by atoms with Crippen molar-refractivity contribution in [2.45, 2.75) is 0 Å². The number of aromatic nitrogens is 3. The molecule has 0 unspecified atom stereocenters. The number of carbonyl (C=O) groups excluding carboxylic acids is 1. The highest BCUT2D eigenvalue weighted by molar-refractivity contribution is 5.74. The standard InChI is InChI=1S/C16H13N5O/c22-11-19-13-4-1-5-14(9-13)20-16-18-8-6-15(21-16)12-3-2-7-17-10-12/h1-11H,(H,19,22)(H,18,20,21). The van der Waals surface area contributed by atoms with Gasteiger partial charge >= 0.3 is 0 Å². The summed E-state index contributed by atoms with van der Waals surface area (Å²) >= 11 is 0. The van der Waals surface area contributed by atoms with Crippen LogP contribution >= 0.6 is 0 Å². The first kappa shape index (κ1) is 13.7. The maximum Gasteiger partial charge on any atom is 0.227 e. The molecular formula is C16H13N5O. The van der Waals surface area contributed by atoms with Crippen LogP contribution in [-0.4, -0.2) is 21.4 Å². The van der Waals surface area contributed by atoms with Crippen LogP contribution < -0.4 is 10.6 Å². The average molecular weight is 291 g/mol. The van der Waals surface area contributed by atoms with Crippen molar-refractivity contribution in [2.75, 3.05) is 10.6 Å². The minimum absolute atomic E-state index is 0.476. The van der Waals surface area contributed by atoms with E-state index in [4.69, 9.17) is 0 Å². The van der Waals surface area contributed by atoms with Gasteiger partial charge in [-0.3, -0.25) is 9.78 Å². The fraction of sp³-hybridized carbons (Fsp3) is 0. The number of carbonyl (C=O) groups is 1. The Labute approximate surface area is 127 Å². The number of anilines is 3. The lowest BCUT2D eigenvalue weighted by atomic mass is 10.2. The van der Waals surface area contributed by atoms with E-state index in [1.54, 1.807) is 30.7 Å². The fourth-order valence-electron chi connectivity index (χ4n) is 1.98.